The molecule has 7 nitrogen and oxygen atoms in total. The number of carbonyl (C=O) groups excluding carboxylic acids is 1. The summed E-state index contributed by atoms with van der Waals surface area (Å²) in [5.41, 5.74) is 0.784. The number of nitrogens with one attached hydrogen (secondary N) is 1. The average molecular weight is 282 g/mol. The van der Waals surface area contributed by atoms with Gasteiger partial charge in [0.1, 0.15) is 6.54 Å². The van der Waals surface area contributed by atoms with Crippen LogP contribution in [-0.2, 0) is 22.6 Å². The van der Waals surface area contributed by atoms with Crippen LogP contribution in [0.1, 0.15) is 45.2 Å². The minimum atomic E-state index is -0.782. The maximum atomic E-state index is 11.7. The molecule has 0 saturated carbocycles. The number of hydrogen-bond donors (Lipinski definition) is 2. The Balaban J connectivity index is 2.32. The SMILES string of the molecule is CCC(C)NC(=O)Cn1cc(CCCCC(=O)O)nn1. The van der Waals surface area contributed by atoms with Crippen molar-refractivity contribution >= 4 is 11.9 Å². The minimum Gasteiger partial charge on any atom is -0.481 e. The highest BCUT2D eigenvalue weighted by molar-refractivity contribution is 5.75. The summed E-state index contributed by atoms with van der Waals surface area (Å²) in [7, 11) is 0. The van der Waals surface area contributed by atoms with E-state index in [2.05, 4.69) is 15.6 Å². The first-order valence-electron chi connectivity index (χ1n) is 6.91. The van der Waals surface area contributed by atoms with Crippen LogP contribution in [-0.4, -0.2) is 38.0 Å². The number of carboxylic acid groups (broad SMARTS) is 1. The number of carbonyl (C=O) groups is 2. The molecule has 0 aliphatic heterocycles. The minimum absolute atomic E-state index is 0.0818. The Bertz CT molecular complexity index is 445. The van der Waals surface area contributed by atoms with Gasteiger partial charge in [-0.15, -0.1) is 5.10 Å². The largest absolute Gasteiger partial charge is 0.481 e. The molecule has 1 heterocycles. The molecule has 0 fully saturated rings. The molecule has 0 bridgehead atoms. The monoisotopic (exact) mass is 282 g/mol. The second-order valence-electron chi connectivity index (χ2n) is 4.89. The predicted octanol–water partition coefficient (Wildman–Crippen LogP) is 0.990. The van der Waals surface area contributed by atoms with Crippen LogP contribution < -0.4 is 5.32 Å². The van der Waals surface area contributed by atoms with Crippen LogP contribution >= 0.6 is 0 Å². The summed E-state index contributed by atoms with van der Waals surface area (Å²) in [4.78, 5) is 22.0. The van der Waals surface area contributed by atoms with Gasteiger partial charge in [-0.2, -0.15) is 0 Å². The van der Waals surface area contributed by atoms with Gasteiger partial charge in [0.25, 0.3) is 0 Å². The summed E-state index contributed by atoms with van der Waals surface area (Å²) in [6, 6.07) is 0.154. The van der Waals surface area contributed by atoms with Crippen LogP contribution in [0.5, 0.6) is 0 Å². The molecule has 1 aromatic heterocycles. The van der Waals surface area contributed by atoms with Crippen LogP contribution in [0.4, 0.5) is 0 Å². The number of unbranched alkanes of at least 4 members (excludes halogenated alkanes) is 1. The number of nitrogens with zero attached hydrogens (tertiary/aromatic N) is 3. The van der Waals surface area contributed by atoms with E-state index in [9.17, 15) is 9.59 Å². The van der Waals surface area contributed by atoms with Crippen molar-refractivity contribution in [3.63, 3.8) is 0 Å². The lowest BCUT2D eigenvalue weighted by Gasteiger charge is -2.10. The quantitative estimate of drug-likeness (QED) is 0.658. The number of aliphatic carboxylic acids is 1. The molecule has 2 N–H and O–H groups in total. The van der Waals surface area contributed by atoms with Gasteiger partial charge < -0.3 is 10.4 Å². The normalized spacial score (nSPS) is 12.1. The van der Waals surface area contributed by atoms with E-state index in [-0.39, 0.29) is 24.9 Å². The Morgan fingerprint density at radius 3 is 2.85 bits per heavy atom. The van der Waals surface area contributed by atoms with E-state index in [1.807, 2.05) is 13.8 Å². The number of rotatable bonds is 9. The molecular formula is C13H22N4O3. The molecule has 0 aliphatic rings. The lowest BCUT2D eigenvalue weighted by Crippen LogP contribution is -2.34. The summed E-state index contributed by atoms with van der Waals surface area (Å²) < 4.78 is 1.50. The molecule has 1 unspecified atom stereocenters. The lowest BCUT2D eigenvalue weighted by atomic mass is 10.1. The lowest BCUT2D eigenvalue weighted by molar-refractivity contribution is -0.137. The molecule has 0 aromatic carbocycles. The molecule has 0 aliphatic carbocycles. The third kappa shape index (κ3) is 6.31. The first kappa shape index (κ1) is 16.1. The fraction of sp³-hybridized carbons (Fsp3) is 0.692. The van der Waals surface area contributed by atoms with E-state index in [0.717, 1.165) is 18.5 Å². The van der Waals surface area contributed by atoms with Gasteiger partial charge >= 0.3 is 5.97 Å². The highest BCUT2D eigenvalue weighted by atomic mass is 16.4. The fourth-order valence-electron chi connectivity index (χ4n) is 1.68. The van der Waals surface area contributed by atoms with Crippen LogP contribution in [0.2, 0.25) is 0 Å². The van der Waals surface area contributed by atoms with Crippen LogP contribution in [0.25, 0.3) is 0 Å². The van der Waals surface area contributed by atoms with Crippen molar-refractivity contribution in [1.29, 1.82) is 0 Å². The van der Waals surface area contributed by atoms with E-state index in [1.54, 1.807) is 6.20 Å². The van der Waals surface area contributed by atoms with Gasteiger partial charge in [-0.25, -0.2) is 4.68 Å². The molecule has 1 amide bonds. The van der Waals surface area contributed by atoms with E-state index < -0.39 is 5.97 Å². The Hall–Kier alpha value is -1.92. The predicted molar refractivity (Wildman–Crippen MR) is 73.1 cm³/mol. The summed E-state index contributed by atoms with van der Waals surface area (Å²) >= 11 is 0. The average Bonchev–Trinajstić information content (AvgIpc) is 2.81. The zero-order chi connectivity index (χ0) is 15.0. The third-order valence-corrected chi connectivity index (χ3v) is 2.99. The molecule has 0 spiro atoms. The number of aromatic nitrogens is 3. The molecule has 1 aromatic rings. The van der Waals surface area contributed by atoms with Gasteiger partial charge in [-0.3, -0.25) is 9.59 Å². The molecule has 0 radical (unpaired) electrons. The molecule has 1 atom stereocenters. The molecule has 1 rings (SSSR count). The second kappa shape index (κ2) is 8.29. The summed E-state index contributed by atoms with van der Waals surface area (Å²) in [5.74, 6) is -0.864. The summed E-state index contributed by atoms with van der Waals surface area (Å²) in [5, 5.41) is 19.3. The van der Waals surface area contributed by atoms with Crippen molar-refractivity contribution < 1.29 is 14.7 Å². The highest BCUT2D eigenvalue weighted by Gasteiger charge is 2.08. The van der Waals surface area contributed by atoms with Crippen molar-refractivity contribution in [1.82, 2.24) is 20.3 Å². The molecule has 20 heavy (non-hydrogen) atoms. The molecule has 112 valence electrons. The Morgan fingerprint density at radius 1 is 1.45 bits per heavy atom. The van der Waals surface area contributed by atoms with E-state index in [0.29, 0.717) is 12.8 Å². The first-order chi connectivity index (χ1) is 9.51. The Morgan fingerprint density at radius 2 is 2.20 bits per heavy atom. The van der Waals surface area contributed by atoms with Crippen LogP contribution in [0, 0.1) is 0 Å². The van der Waals surface area contributed by atoms with E-state index in [4.69, 9.17) is 5.11 Å². The fourth-order valence-corrected chi connectivity index (χ4v) is 1.68. The first-order valence-corrected chi connectivity index (χ1v) is 6.91. The van der Waals surface area contributed by atoms with E-state index >= 15 is 0 Å². The Kier molecular flexibility index (Phi) is 6.69. The summed E-state index contributed by atoms with van der Waals surface area (Å²) in [6.07, 6.45) is 4.85. The summed E-state index contributed by atoms with van der Waals surface area (Å²) in [6.45, 7) is 4.12. The van der Waals surface area contributed by atoms with Crippen molar-refractivity contribution in [2.45, 2.75) is 58.5 Å². The van der Waals surface area contributed by atoms with Gasteiger partial charge in [0, 0.05) is 18.7 Å². The third-order valence-electron chi connectivity index (χ3n) is 2.99. The topological polar surface area (TPSA) is 97.1 Å². The zero-order valence-corrected chi connectivity index (χ0v) is 12.0. The van der Waals surface area contributed by atoms with Crippen molar-refractivity contribution in [3.8, 4) is 0 Å². The second-order valence-corrected chi connectivity index (χ2v) is 4.89. The van der Waals surface area contributed by atoms with Gasteiger partial charge in [0.2, 0.25) is 5.91 Å². The Labute approximate surface area is 118 Å². The van der Waals surface area contributed by atoms with Crippen molar-refractivity contribution in [3.05, 3.63) is 11.9 Å². The van der Waals surface area contributed by atoms with Crippen LogP contribution in [0.15, 0.2) is 6.20 Å². The highest BCUT2D eigenvalue weighted by Crippen LogP contribution is 2.03. The van der Waals surface area contributed by atoms with Gasteiger partial charge in [0.15, 0.2) is 0 Å². The maximum Gasteiger partial charge on any atom is 0.303 e. The molecular weight excluding hydrogens is 260 g/mol. The number of aryl methyl sites for hydroxylation is 1. The van der Waals surface area contributed by atoms with Crippen molar-refractivity contribution in [2.75, 3.05) is 0 Å². The maximum absolute atomic E-state index is 11.7. The van der Waals surface area contributed by atoms with Crippen molar-refractivity contribution in [2.24, 2.45) is 0 Å². The van der Waals surface area contributed by atoms with Crippen LogP contribution in [0.3, 0.4) is 0 Å². The molecule has 0 saturated heterocycles. The van der Waals surface area contributed by atoms with Gasteiger partial charge in [-0.05, 0) is 32.6 Å². The smallest absolute Gasteiger partial charge is 0.303 e. The van der Waals surface area contributed by atoms with Gasteiger partial charge in [0.05, 0.1) is 5.69 Å². The number of hydrogen-bond acceptors (Lipinski definition) is 4. The van der Waals surface area contributed by atoms with E-state index in [1.165, 1.54) is 4.68 Å². The standard InChI is InChI=1S/C13H22N4O3/c1-3-10(2)14-12(18)9-17-8-11(15-16-17)6-4-5-7-13(19)20/h8,10H,3-7,9H2,1-2H3,(H,14,18)(H,19,20). The molecule has 7 heteroatoms. The zero-order valence-electron chi connectivity index (χ0n) is 12.0. The number of carboxylic acids is 1. The van der Waals surface area contributed by atoms with Gasteiger partial charge in [-0.1, -0.05) is 12.1 Å². The number of amides is 1.